The summed E-state index contributed by atoms with van der Waals surface area (Å²) < 4.78 is 0.972. The third-order valence-electron chi connectivity index (χ3n) is 11.8. The van der Waals surface area contributed by atoms with E-state index in [4.69, 9.17) is 0 Å². The molecule has 0 aliphatic carbocycles. The van der Waals surface area contributed by atoms with Gasteiger partial charge >= 0.3 is 5.97 Å². The number of amides is 3. The molecule has 0 aromatic heterocycles. The maximum absolute atomic E-state index is 15.3. The van der Waals surface area contributed by atoms with Gasteiger partial charge in [-0.25, -0.2) is 4.79 Å². The number of fused-ring (bicyclic) bond motifs is 2. The van der Waals surface area contributed by atoms with Crippen molar-refractivity contribution in [1.29, 1.82) is 5.41 Å². The molecule has 0 fully saturated rings. The van der Waals surface area contributed by atoms with Crippen LogP contribution in [0.3, 0.4) is 0 Å². The molecule has 7 aromatic rings. The Kier molecular flexibility index (Phi) is 10.4. The number of para-hydroxylation sites is 2. The molecule has 0 spiro atoms. The Bertz CT molecular complexity index is 2980. The van der Waals surface area contributed by atoms with Gasteiger partial charge in [0, 0.05) is 58.6 Å². The lowest BCUT2D eigenvalue weighted by molar-refractivity contribution is 0.0692. The second-order valence-corrected chi connectivity index (χ2v) is 18.4. The maximum Gasteiger partial charge on any atom is 0.336 e. The monoisotopic (exact) mass is 926 g/mol. The van der Waals surface area contributed by atoms with E-state index in [-0.39, 0.29) is 51.6 Å². The number of hydrogen-bond acceptors (Lipinski definition) is 5. The highest BCUT2D eigenvalue weighted by atomic mass is 79.9. The minimum atomic E-state index is -1.33. The molecule has 304 valence electrons. The SMILES string of the molecule is CC(C)c1cccc(C(C)C)c1NC(=N)c1c(Br)c(Br)c2c3ccc4c5c(ccc(c6cc(C(=O)O)c(C(=O)Nc7c(C(C)C)cccc7C(C)C)c1c62)c53)C(=O)NC4=O. The Hall–Kier alpha value is -5.65. The van der Waals surface area contributed by atoms with Gasteiger partial charge < -0.3 is 15.7 Å². The highest BCUT2D eigenvalue weighted by Crippen LogP contribution is 2.51. The second-order valence-electron chi connectivity index (χ2n) is 16.8. The number of benzene rings is 7. The molecule has 0 saturated carbocycles. The molecular weight excluding hydrogens is 884 g/mol. The number of imide groups is 1. The smallest absolute Gasteiger partial charge is 0.336 e. The van der Waals surface area contributed by atoms with Gasteiger partial charge in [-0.05, 0) is 118 Å². The van der Waals surface area contributed by atoms with Crippen molar-refractivity contribution < 1.29 is 24.3 Å². The minimum absolute atomic E-state index is 0.0380. The summed E-state index contributed by atoms with van der Waals surface area (Å²) in [6.45, 7) is 16.6. The number of hydrogen-bond donors (Lipinski definition) is 5. The van der Waals surface area contributed by atoms with Gasteiger partial charge in [0.15, 0.2) is 0 Å². The number of carbonyl (C=O) groups excluding carboxylic acids is 3. The van der Waals surface area contributed by atoms with E-state index >= 15 is 4.79 Å². The molecular formula is C49H44Br2N4O5. The van der Waals surface area contributed by atoms with Crippen molar-refractivity contribution in [3.63, 3.8) is 0 Å². The van der Waals surface area contributed by atoms with E-state index in [9.17, 15) is 24.9 Å². The third-order valence-corrected chi connectivity index (χ3v) is 14.0. The van der Waals surface area contributed by atoms with Gasteiger partial charge in [0.05, 0.1) is 11.1 Å². The van der Waals surface area contributed by atoms with Crippen molar-refractivity contribution in [2.45, 2.75) is 79.1 Å². The molecule has 0 radical (unpaired) electrons. The van der Waals surface area contributed by atoms with Crippen LogP contribution in [0.15, 0.2) is 75.7 Å². The lowest BCUT2D eigenvalue weighted by atomic mass is 9.82. The van der Waals surface area contributed by atoms with Crippen LogP contribution < -0.4 is 16.0 Å². The summed E-state index contributed by atoms with van der Waals surface area (Å²) in [5.74, 6) is -2.77. The summed E-state index contributed by atoms with van der Waals surface area (Å²) >= 11 is 7.76. The maximum atomic E-state index is 15.3. The number of carbonyl (C=O) groups is 4. The average Bonchev–Trinajstić information content (AvgIpc) is 3.19. The van der Waals surface area contributed by atoms with Crippen LogP contribution in [0.2, 0.25) is 0 Å². The molecule has 0 saturated heterocycles. The molecule has 0 unspecified atom stereocenters. The number of rotatable bonds is 9. The molecule has 11 heteroatoms. The van der Waals surface area contributed by atoms with Crippen LogP contribution in [0.1, 0.15) is 148 Å². The third kappa shape index (κ3) is 6.27. The first-order valence-electron chi connectivity index (χ1n) is 20.1. The molecule has 1 heterocycles. The minimum Gasteiger partial charge on any atom is -0.478 e. The summed E-state index contributed by atoms with van der Waals surface area (Å²) in [6.07, 6.45) is 0. The lowest BCUT2D eigenvalue weighted by Gasteiger charge is -2.26. The van der Waals surface area contributed by atoms with Crippen molar-refractivity contribution in [1.82, 2.24) is 5.32 Å². The van der Waals surface area contributed by atoms with Crippen LogP contribution in [0, 0.1) is 5.41 Å². The molecule has 3 amide bonds. The van der Waals surface area contributed by atoms with Crippen molar-refractivity contribution >= 4 is 116 Å². The Labute approximate surface area is 364 Å². The highest BCUT2D eigenvalue weighted by molar-refractivity contribution is 9.13. The van der Waals surface area contributed by atoms with E-state index in [1.54, 1.807) is 18.2 Å². The number of halogens is 2. The van der Waals surface area contributed by atoms with Crippen LogP contribution in [0.25, 0.3) is 43.1 Å². The van der Waals surface area contributed by atoms with Crippen molar-refractivity contribution in [3.8, 4) is 0 Å². The van der Waals surface area contributed by atoms with Gasteiger partial charge in [-0.2, -0.15) is 0 Å². The van der Waals surface area contributed by atoms with Gasteiger partial charge in [-0.3, -0.25) is 25.1 Å². The Balaban J connectivity index is 1.55. The van der Waals surface area contributed by atoms with E-state index in [0.29, 0.717) is 63.5 Å². The topological polar surface area (TPSA) is 148 Å². The number of aromatic carboxylic acids is 1. The number of carboxylic acids is 1. The fourth-order valence-corrected chi connectivity index (χ4v) is 10.2. The zero-order chi connectivity index (χ0) is 43.2. The van der Waals surface area contributed by atoms with Crippen molar-refractivity contribution in [2.75, 3.05) is 10.6 Å². The summed E-state index contributed by atoms with van der Waals surface area (Å²) in [5.41, 5.74) is 5.80. The fourth-order valence-electron chi connectivity index (χ4n) is 9.04. The van der Waals surface area contributed by atoms with Crippen molar-refractivity contribution in [2.24, 2.45) is 0 Å². The summed E-state index contributed by atoms with van der Waals surface area (Å²) in [6, 6.07) is 20.4. The van der Waals surface area contributed by atoms with Gasteiger partial charge in [0.1, 0.15) is 5.84 Å². The number of amidine groups is 1. The Morgan fingerprint density at radius 2 is 1.07 bits per heavy atom. The summed E-state index contributed by atoms with van der Waals surface area (Å²) in [7, 11) is 0. The first-order valence-corrected chi connectivity index (χ1v) is 21.7. The van der Waals surface area contributed by atoms with Crippen LogP contribution >= 0.6 is 31.9 Å². The first kappa shape index (κ1) is 41.1. The van der Waals surface area contributed by atoms with Crippen LogP contribution in [-0.4, -0.2) is 34.6 Å². The number of anilines is 2. The van der Waals surface area contributed by atoms with E-state index in [1.165, 1.54) is 6.07 Å². The van der Waals surface area contributed by atoms with E-state index in [1.807, 2.05) is 70.2 Å². The van der Waals surface area contributed by atoms with Crippen LogP contribution in [0.5, 0.6) is 0 Å². The van der Waals surface area contributed by atoms with Gasteiger partial charge in [-0.15, -0.1) is 0 Å². The molecule has 8 rings (SSSR count). The molecule has 0 atom stereocenters. The van der Waals surface area contributed by atoms with Gasteiger partial charge in [0.2, 0.25) is 0 Å². The average molecular weight is 929 g/mol. The first-order chi connectivity index (χ1) is 28.4. The molecule has 1 aliphatic rings. The second kappa shape index (κ2) is 15.1. The number of nitrogens with one attached hydrogen (secondary N) is 4. The molecule has 9 nitrogen and oxygen atoms in total. The molecule has 1 aliphatic heterocycles. The van der Waals surface area contributed by atoms with E-state index in [0.717, 1.165) is 27.9 Å². The Morgan fingerprint density at radius 1 is 0.583 bits per heavy atom. The fraction of sp³-hybridized carbons (Fsp3) is 0.245. The van der Waals surface area contributed by atoms with Gasteiger partial charge in [0.25, 0.3) is 17.7 Å². The zero-order valence-electron chi connectivity index (χ0n) is 34.5. The summed E-state index contributed by atoms with van der Waals surface area (Å²) in [5, 5.41) is 34.5. The standard InChI is InChI=1S/C49H44Br2N4O5/c1-20(2)24-11-9-12-25(21(3)4)43(24)53-45(52)40-39-36-32(19-33(49(59)60)38(39)48(58)54-44-26(22(5)6)13-10-14-27(44)23(7)8)28-15-17-30-35-31(47(57)55-46(30)56)18-16-29(34(28)35)37(36)41(50)42(40)51/h9-23H,1-8H3,(H2,52,53)(H,54,58)(H,59,60)(H,55,56,57). The predicted molar refractivity (Wildman–Crippen MR) is 249 cm³/mol. The van der Waals surface area contributed by atoms with E-state index in [2.05, 4.69) is 75.5 Å². The molecule has 5 N–H and O–H groups in total. The number of carboxylic acid groups (broad SMARTS) is 1. The lowest BCUT2D eigenvalue weighted by Crippen LogP contribution is -2.34. The van der Waals surface area contributed by atoms with Gasteiger partial charge in [-0.1, -0.05) is 104 Å². The normalized spacial score (nSPS) is 12.9. The van der Waals surface area contributed by atoms with E-state index < -0.39 is 23.7 Å². The molecule has 60 heavy (non-hydrogen) atoms. The largest absolute Gasteiger partial charge is 0.478 e. The summed E-state index contributed by atoms with van der Waals surface area (Å²) in [4.78, 5) is 55.4. The molecule has 0 bridgehead atoms. The highest BCUT2D eigenvalue weighted by Gasteiger charge is 2.34. The Morgan fingerprint density at radius 3 is 1.55 bits per heavy atom. The van der Waals surface area contributed by atoms with Crippen LogP contribution in [0.4, 0.5) is 11.4 Å². The van der Waals surface area contributed by atoms with Crippen LogP contribution in [-0.2, 0) is 0 Å². The zero-order valence-corrected chi connectivity index (χ0v) is 37.7. The predicted octanol–water partition coefficient (Wildman–Crippen LogP) is 13.0. The quantitative estimate of drug-likeness (QED) is 0.0320. The molecule has 7 aromatic carbocycles. The van der Waals surface area contributed by atoms with Crippen molar-refractivity contribution in [3.05, 3.63) is 126 Å².